The summed E-state index contributed by atoms with van der Waals surface area (Å²) in [6, 6.07) is 4.07. The van der Waals surface area contributed by atoms with Gasteiger partial charge in [0.05, 0.1) is 34.3 Å². The number of H-pyrrole nitrogens is 1. The molecule has 0 bridgehead atoms. The minimum atomic E-state index is -4.95. The second kappa shape index (κ2) is 7.49. The molecule has 0 amide bonds. The fourth-order valence-electron chi connectivity index (χ4n) is 2.77. The molecule has 0 saturated carbocycles. The summed E-state index contributed by atoms with van der Waals surface area (Å²) in [5, 5.41) is 2.63. The quantitative estimate of drug-likeness (QED) is 0.495. The average Bonchev–Trinajstić information content (AvgIpc) is 3.01. The molecule has 2 aromatic carbocycles. The summed E-state index contributed by atoms with van der Waals surface area (Å²) in [6.07, 6.45) is -14.5. The van der Waals surface area contributed by atoms with Gasteiger partial charge in [0.1, 0.15) is 5.82 Å². The van der Waals surface area contributed by atoms with Gasteiger partial charge >= 0.3 is 18.5 Å². The number of rotatable bonds is 4. The molecular formula is C18H12F9N3. The maximum atomic E-state index is 12.9. The fraction of sp³-hybridized carbons (Fsp3) is 0.278. The summed E-state index contributed by atoms with van der Waals surface area (Å²) in [6.45, 7) is -0.467. The highest BCUT2D eigenvalue weighted by atomic mass is 19.4. The van der Waals surface area contributed by atoms with E-state index in [9.17, 15) is 39.5 Å². The summed E-state index contributed by atoms with van der Waals surface area (Å²) < 4.78 is 115. The normalized spacial score (nSPS) is 13.2. The molecule has 0 spiro atoms. The van der Waals surface area contributed by atoms with Gasteiger partial charge in [-0.25, -0.2) is 4.98 Å². The first-order valence-electron chi connectivity index (χ1n) is 8.28. The lowest BCUT2D eigenvalue weighted by Gasteiger charge is -2.14. The lowest BCUT2D eigenvalue weighted by Crippen LogP contribution is -2.17. The third-order valence-electron chi connectivity index (χ3n) is 4.13. The number of hydrogen-bond acceptors (Lipinski definition) is 2. The molecule has 0 aliphatic carbocycles. The number of nitrogens with one attached hydrogen (secondary N) is 2. The topological polar surface area (TPSA) is 40.7 Å². The van der Waals surface area contributed by atoms with Gasteiger partial charge in [0.25, 0.3) is 0 Å². The van der Waals surface area contributed by atoms with Crippen LogP contribution in [0.1, 0.15) is 28.1 Å². The second-order valence-corrected chi connectivity index (χ2v) is 6.43. The van der Waals surface area contributed by atoms with Gasteiger partial charge in [-0.15, -0.1) is 0 Å². The van der Waals surface area contributed by atoms with E-state index in [1.54, 1.807) is 0 Å². The maximum absolute atomic E-state index is 12.9. The lowest BCUT2D eigenvalue weighted by atomic mass is 10.0. The first-order chi connectivity index (χ1) is 13.7. The van der Waals surface area contributed by atoms with Crippen LogP contribution in [0.3, 0.4) is 0 Å². The molecule has 0 radical (unpaired) electrons. The third-order valence-corrected chi connectivity index (χ3v) is 4.13. The van der Waals surface area contributed by atoms with Gasteiger partial charge < -0.3 is 10.3 Å². The maximum Gasteiger partial charge on any atom is 0.416 e. The Bertz CT molecular complexity index is 1010. The zero-order valence-corrected chi connectivity index (χ0v) is 14.7. The van der Waals surface area contributed by atoms with E-state index in [0.717, 1.165) is 18.2 Å². The van der Waals surface area contributed by atoms with Gasteiger partial charge in [-0.3, -0.25) is 0 Å². The first-order valence-corrected chi connectivity index (χ1v) is 8.28. The van der Waals surface area contributed by atoms with Gasteiger partial charge in [-0.1, -0.05) is 0 Å². The van der Waals surface area contributed by atoms with Crippen molar-refractivity contribution in [2.75, 3.05) is 0 Å². The molecule has 0 fully saturated rings. The van der Waals surface area contributed by atoms with Crippen LogP contribution in [0.5, 0.6) is 0 Å². The van der Waals surface area contributed by atoms with E-state index in [4.69, 9.17) is 0 Å². The van der Waals surface area contributed by atoms with Crippen molar-refractivity contribution in [1.29, 1.82) is 0 Å². The van der Waals surface area contributed by atoms with Crippen molar-refractivity contribution in [3.05, 3.63) is 64.5 Å². The summed E-state index contributed by atoms with van der Waals surface area (Å²) in [5.41, 5.74) is -3.68. The van der Waals surface area contributed by atoms with Crippen LogP contribution in [0.15, 0.2) is 36.4 Å². The summed E-state index contributed by atoms with van der Waals surface area (Å²) in [5.74, 6) is 0.173. The molecular weight excluding hydrogens is 429 g/mol. The number of aromatic amines is 1. The van der Waals surface area contributed by atoms with Crippen LogP contribution >= 0.6 is 0 Å². The monoisotopic (exact) mass is 441 g/mol. The number of halogens is 9. The average molecular weight is 441 g/mol. The van der Waals surface area contributed by atoms with Crippen LogP contribution in [-0.4, -0.2) is 9.97 Å². The zero-order chi connectivity index (χ0) is 22.3. The fourth-order valence-corrected chi connectivity index (χ4v) is 2.77. The largest absolute Gasteiger partial charge is 0.416 e. The Morgan fingerprint density at radius 1 is 0.700 bits per heavy atom. The predicted octanol–water partition coefficient (Wildman–Crippen LogP) is 5.91. The molecule has 3 aromatic rings. The van der Waals surface area contributed by atoms with E-state index >= 15 is 0 Å². The van der Waals surface area contributed by atoms with E-state index in [1.807, 2.05) is 0 Å². The molecule has 3 nitrogen and oxygen atoms in total. The molecule has 30 heavy (non-hydrogen) atoms. The Morgan fingerprint density at radius 3 is 1.80 bits per heavy atom. The van der Waals surface area contributed by atoms with E-state index in [2.05, 4.69) is 15.3 Å². The number of benzene rings is 2. The molecule has 1 heterocycles. The van der Waals surface area contributed by atoms with Crippen LogP contribution in [0.25, 0.3) is 11.0 Å². The van der Waals surface area contributed by atoms with E-state index in [0.29, 0.717) is 12.1 Å². The first kappa shape index (κ1) is 21.9. The summed E-state index contributed by atoms with van der Waals surface area (Å²) in [7, 11) is 0. The van der Waals surface area contributed by atoms with Gasteiger partial charge in [-0.05, 0) is 42.0 Å². The van der Waals surface area contributed by atoms with Crippen LogP contribution in [0, 0.1) is 0 Å². The highest BCUT2D eigenvalue weighted by Crippen LogP contribution is 2.36. The Balaban J connectivity index is 1.76. The number of fused-ring (bicyclic) bond motifs is 1. The van der Waals surface area contributed by atoms with E-state index in [1.165, 1.54) is 0 Å². The number of nitrogens with zero attached hydrogens (tertiary/aromatic N) is 1. The van der Waals surface area contributed by atoms with Crippen molar-refractivity contribution in [3.63, 3.8) is 0 Å². The van der Waals surface area contributed by atoms with Crippen molar-refractivity contribution < 1.29 is 39.5 Å². The van der Waals surface area contributed by atoms with Crippen molar-refractivity contribution in [2.45, 2.75) is 31.6 Å². The zero-order valence-electron chi connectivity index (χ0n) is 14.7. The Kier molecular flexibility index (Phi) is 5.48. The van der Waals surface area contributed by atoms with Crippen LogP contribution in [-0.2, 0) is 31.6 Å². The van der Waals surface area contributed by atoms with Gasteiger partial charge in [-0.2, -0.15) is 39.5 Å². The van der Waals surface area contributed by atoms with Gasteiger partial charge in [0, 0.05) is 6.54 Å². The standard InChI is InChI=1S/C18H12F9N3/c19-16(20,21)10-1-2-13-14(6-10)30-15(29-13)8-28-7-9-3-11(17(22,23)24)5-12(4-9)18(25,26)27/h1-6,28H,7-8H2,(H,29,30). The molecule has 0 unspecified atom stereocenters. The van der Waals surface area contributed by atoms with Gasteiger partial charge in [0.15, 0.2) is 0 Å². The molecule has 162 valence electrons. The smallest absolute Gasteiger partial charge is 0.341 e. The van der Waals surface area contributed by atoms with E-state index < -0.39 is 35.2 Å². The van der Waals surface area contributed by atoms with Crippen LogP contribution in [0.2, 0.25) is 0 Å². The van der Waals surface area contributed by atoms with Crippen LogP contribution in [0.4, 0.5) is 39.5 Å². The summed E-state index contributed by atoms with van der Waals surface area (Å²) >= 11 is 0. The molecule has 0 saturated heterocycles. The minimum absolute atomic E-state index is 0.0288. The van der Waals surface area contributed by atoms with Crippen molar-refractivity contribution >= 4 is 11.0 Å². The number of aromatic nitrogens is 2. The Hall–Kier alpha value is -2.76. The SMILES string of the molecule is FC(F)(F)c1cc(CNCc2nc3ccc(C(F)(F)F)cc3[nH]2)cc(C(F)(F)F)c1. The van der Waals surface area contributed by atoms with E-state index in [-0.39, 0.29) is 41.6 Å². The highest BCUT2D eigenvalue weighted by molar-refractivity contribution is 5.76. The molecule has 0 atom stereocenters. The molecule has 3 rings (SSSR count). The molecule has 0 aliphatic heterocycles. The number of imidazole rings is 1. The van der Waals surface area contributed by atoms with Gasteiger partial charge in [0.2, 0.25) is 0 Å². The Morgan fingerprint density at radius 2 is 1.27 bits per heavy atom. The van der Waals surface area contributed by atoms with Crippen LogP contribution < -0.4 is 5.32 Å². The minimum Gasteiger partial charge on any atom is -0.341 e. The molecule has 2 N–H and O–H groups in total. The predicted molar refractivity (Wildman–Crippen MR) is 88.1 cm³/mol. The Labute approximate surface area is 162 Å². The van der Waals surface area contributed by atoms with Crippen molar-refractivity contribution in [3.8, 4) is 0 Å². The lowest BCUT2D eigenvalue weighted by molar-refractivity contribution is -0.143. The third kappa shape index (κ3) is 5.04. The number of alkyl halides is 9. The summed E-state index contributed by atoms with van der Waals surface area (Å²) in [4.78, 5) is 6.67. The second-order valence-electron chi connectivity index (χ2n) is 6.43. The number of hydrogen-bond donors (Lipinski definition) is 2. The highest BCUT2D eigenvalue weighted by Gasteiger charge is 2.36. The molecule has 12 heteroatoms. The molecule has 1 aromatic heterocycles. The van der Waals surface area contributed by atoms with Crippen molar-refractivity contribution in [2.24, 2.45) is 0 Å². The van der Waals surface area contributed by atoms with Crippen molar-refractivity contribution in [1.82, 2.24) is 15.3 Å². The molecule has 0 aliphatic rings.